The summed E-state index contributed by atoms with van der Waals surface area (Å²) in [5.41, 5.74) is -1.46. The number of hydrogen-bond acceptors (Lipinski definition) is 4. The Morgan fingerprint density at radius 2 is 1.95 bits per heavy atom. The molecule has 104 valence electrons. The van der Waals surface area contributed by atoms with Crippen LogP contribution < -0.4 is 34.7 Å². The number of carbonyl (C=O) groups is 2. The first-order valence-corrected chi connectivity index (χ1v) is 6.39. The van der Waals surface area contributed by atoms with Crippen molar-refractivity contribution in [2.24, 2.45) is 5.41 Å². The van der Waals surface area contributed by atoms with E-state index in [0.717, 1.165) is 6.42 Å². The van der Waals surface area contributed by atoms with Gasteiger partial charge in [-0.15, -0.1) is 0 Å². The second kappa shape index (κ2) is 6.95. The first-order chi connectivity index (χ1) is 8.20. The van der Waals surface area contributed by atoms with Crippen molar-refractivity contribution in [1.82, 2.24) is 4.90 Å². The Balaban J connectivity index is 0.00000324. The molecule has 1 saturated heterocycles. The number of aliphatic carboxylic acids is 1. The van der Waals surface area contributed by atoms with Gasteiger partial charge in [-0.1, -0.05) is 13.3 Å². The van der Waals surface area contributed by atoms with Crippen LogP contribution in [-0.2, 0) is 9.53 Å². The maximum Gasteiger partial charge on any atom is 1.00 e. The maximum atomic E-state index is 11.9. The van der Waals surface area contributed by atoms with Crippen molar-refractivity contribution in [1.29, 1.82) is 0 Å². The van der Waals surface area contributed by atoms with Gasteiger partial charge in [-0.3, -0.25) is 0 Å². The van der Waals surface area contributed by atoms with Crippen LogP contribution in [0.5, 0.6) is 0 Å². The normalized spacial score (nSPS) is 22.8. The smallest absolute Gasteiger partial charge is 0.549 e. The van der Waals surface area contributed by atoms with Crippen molar-refractivity contribution in [3.63, 3.8) is 0 Å². The van der Waals surface area contributed by atoms with Crippen molar-refractivity contribution < 1.29 is 49.0 Å². The zero-order valence-electron chi connectivity index (χ0n) is 12.6. The number of hydrogen-bond donors (Lipinski definition) is 0. The Labute approximate surface area is 137 Å². The molecule has 0 saturated carbocycles. The van der Waals surface area contributed by atoms with Gasteiger partial charge >= 0.3 is 35.7 Å². The minimum atomic E-state index is -1.06. The summed E-state index contributed by atoms with van der Waals surface area (Å²) < 4.78 is 5.25. The van der Waals surface area contributed by atoms with Gasteiger partial charge in [0.25, 0.3) is 0 Å². The second-order valence-electron chi connectivity index (χ2n) is 5.97. The molecule has 1 aliphatic heterocycles. The zero-order chi connectivity index (χ0) is 14.0. The molecule has 0 N–H and O–H groups in total. The summed E-state index contributed by atoms with van der Waals surface area (Å²) in [6.07, 6.45) is 1.30. The molecule has 0 aromatic heterocycles. The van der Waals surface area contributed by atoms with Crippen molar-refractivity contribution in [2.45, 2.75) is 52.6 Å². The van der Waals surface area contributed by atoms with E-state index in [9.17, 15) is 14.7 Å². The number of nitrogens with zero attached hydrogens (tertiary/aromatic N) is 1. The third-order valence-corrected chi connectivity index (χ3v) is 3.17. The van der Waals surface area contributed by atoms with E-state index < -0.39 is 23.1 Å². The molecule has 0 unspecified atom stereocenters. The maximum absolute atomic E-state index is 11.9. The zero-order valence-corrected chi connectivity index (χ0v) is 14.6. The monoisotopic (exact) mass is 279 g/mol. The van der Waals surface area contributed by atoms with Gasteiger partial charge in [-0.05, 0) is 33.6 Å². The van der Waals surface area contributed by atoms with E-state index in [1.165, 1.54) is 4.90 Å². The molecule has 0 spiro atoms. The van der Waals surface area contributed by atoms with Crippen LogP contribution in [0.3, 0.4) is 0 Å². The Hall–Kier alpha value is -0.260. The molecule has 1 atom stereocenters. The molecule has 0 bridgehead atoms. The predicted octanol–water partition coefficient (Wildman–Crippen LogP) is -1.83. The summed E-state index contributed by atoms with van der Waals surface area (Å²) in [5.74, 6) is -1.06. The molecular formula is C13H22NNaO4. The summed E-state index contributed by atoms with van der Waals surface area (Å²) >= 11 is 0. The van der Waals surface area contributed by atoms with E-state index in [1.54, 1.807) is 20.8 Å². The first-order valence-electron chi connectivity index (χ1n) is 6.39. The van der Waals surface area contributed by atoms with Gasteiger partial charge in [0.1, 0.15) is 5.60 Å². The van der Waals surface area contributed by atoms with E-state index in [2.05, 4.69) is 0 Å². The molecule has 0 radical (unpaired) electrons. The topological polar surface area (TPSA) is 69.7 Å². The van der Waals surface area contributed by atoms with Crippen LogP contribution in [0.15, 0.2) is 0 Å². The van der Waals surface area contributed by atoms with Crippen LogP contribution in [0.25, 0.3) is 0 Å². The number of carboxylic acids is 1. The molecule has 19 heavy (non-hydrogen) atoms. The van der Waals surface area contributed by atoms with Gasteiger partial charge in [-0.2, -0.15) is 0 Å². The summed E-state index contributed by atoms with van der Waals surface area (Å²) in [6, 6.07) is 0. The summed E-state index contributed by atoms with van der Waals surface area (Å²) in [7, 11) is 0. The number of carbonyl (C=O) groups excluding carboxylic acids is 2. The third kappa shape index (κ3) is 4.97. The Morgan fingerprint density at radius 1 is 1.37 bits per heavy atom. The fourth-order valence-electron chi connectivity index (χ4n) is 2.31. The molecule has 1 rings (SSSR count). The van der Waals surface area contributed by atoms with Crippen molar-refractivity contribution in [3.8, 4) is 0 Å². The average molecular weight is 279 g/mol. The first kappa shape index (κ1) is 18.7. The van der Waals surface area contributed by atoms with Crippen molar-refractivity contribution in [2.75, 3.05) is 13.1 Å². The fourth-order valence-corrected chi connectivity index (χ4v) is 2.31. The number of likely N-dealkylation sites (tertiary alicyclic amines) is 1. The summed E-state index contributed by atoms with van der Waals surface area (Å²) in [5, 5.41) is 11.3. The standard InChI is InChI=1S/C13H23NO4.Na/c1-5-6-13(10(15)16)7-8-14(9-13)11(17)18-12(2,3)4;/h5-9H2,1-4H3,(H,15,16);/q;+1/p-1/t13-;/m0./s1. The molecule has 0 aromatic rings. The summed E-state index contributed by atoms with van der Waals surface area (Å²) in [6.45, 7) is 7.92. The van der Waals surface area contributed by atoms with Gasteiger partial charge in [0.2, 0.25) is 0 Å². The Bertz CT molecular complexity index is 340. The van der Waals surface area contributed by atoms with E-state index in [4.69, 9.17) is 4.74 Å². The van der Waals surface area contributed by atoms with Crippen LogP contribution >= 0.6 is 0 Å². The van der Waals surface area contributed by atoms with Crippen LogP contribution in [0.4, 0.5) is 4.79 Å². The van der Waals surface area contributed by atoms with E-state index in [0.29, 0.717) is 19.4 Å². The number of amides is 1. The summed E-state index contributed by atoms with van der Waals surface area (Å²) in [4.78, 5) is 24.6. The van der Waals surface area contributed by atoms with E-state index in [-0.39, 0.29) is 36.1 Å². The van der Waals surface area contributed by atoms with Gasteiger partial charge in [0.05, 0.1) is 0 Å². The third-order valence-electron chi connectivity index (χ3n) is 3.17. The SMILES string of the molecule is CCC[C@]1(C(=O)[O-])CCN(C(=O)OC(C)(C)C)C1.[Na+]. The second-order valence-corrected chi connectivity index (χ2v) is 5.97. The molecule has 1 aliphatic rings. The van der Waals surface area contributed by atoms with Gasteiger partial charge in [-0.25, -0.2) is 4.79 Å². The van der Waals surface area contributed by atoms with Crippen LogP contribution in [-0.4, -0.2) is 35.7 Å². The average Bonchev–Trinajstić information content (AvgIpc) is 2.61. The van der Waals surface area contributed by atoms with E-state index >= 15 is 0 Å². The largest absolute Gasteiger partial charge is 1.00 e. The van der Waals surface area contributed by atoms with Gasteiger partial charge in [0.15, 0.2) is 0 Å². The molecule has 1 heterocycles. The molecule has 0 aromatic carbocycles. The number of ether oxygens (including phenoxy) is 1. The molecular weight excluding hydrogens is 257 g/mol. The van der Waals surface area contributed by atoms with Crippen molar-refractivity contribution >= 4 is 12.1 Å². The Kier molecular flexibility index (Phi) is 6.86. The fraction of sp³-hybridized carbons (Fsp3) is 0.846. The Morgan fingerprint density at radius 3 is 2.37 bits per heavy atom. The molecule has 6 heteroatoms. The minimum absolute atomic E-state index is 0. The van der Waals surface area contributed by atoms with Crippen LogP contribution in [0.1, 0.15) is 47.0 Å². The predicted molar refractivity (Wildman–Crippen MR) is 64.8 cm³/mol. The number of rotatable bonds is 3. The van der Waals surface area contributed by atoms with Crippen LogP contribution in [0.2, 0.25) is 0 Å². The molecule has 5 nitrogen and oxygen atoms in total. The van der Waals surface area contributed by atoms with Crippen molar-refractivity contribution in [3.05, 3.63) is 0 Å². The number of carboxylic acid groups (broad SMARTS) is 1. The molecule has 1 fully saturated rings. The van der Waals surface area contributed by atoms with E-state index in [1.807, 2.05) is 6.92 Å². The van der Waals surface area contributed by atoms with Gasteiger partial charge < -0.3 is 19.5 Å². The molecule has 1 amide bonds. The minimum Gasteiger partial charge on any atom is -0.549 e. The van der Waals surface area contributed by atoms with Crippen LogP contribution in [0, 0.1) is 5.41 Å². The van der Waals surface area contributed by atoms with Gasteiger partial charge in [0, 0.05) is 24.5 Å². The molecule has 0 aliphatic carbocycles. The quantitative estimate of drug-likeness (QED) is 0.570.